The van der Waals surface area contributed by atoms with Crippen LogP contribution in [0.25, 0.3) is 0 Å². The number of aliphatic hydroxyl groups is 1. The molecule has 0 aliphatic heterocycles. The van der Waals surface area contributed by atoms with Crippen LogP contribution in [0.4, 0.5) is 0 Å². The van der Waals surface area contributed by atoms with Gasteiger partial charge in [0, 0.05) is 4.47 Å². The molecule has 1 aliphatic carbocycles. The minimum Gasteiger partial charge on any atom is -0.388 e. The van der Waals surface area contributed by atoms with Gasteiger partial charge in [-0.05, 0) is 37.3 Å². The molecule has 1 nitrogen and oxygen atoms in total. The van der Waals surface area contributed by atoms with Crippen molar-refractivity contribution in [3.8, 4) is 0 Å². The third kappa shape index (κ3) is 2.43. The molecule has 0 amide bonds. The van der Waals surface area contributed by atoms with E-state index in [2.05, 4.69) is 35.0 Å². The highest BCUT2D eigenvalue weighted by atomic mass is 79.9. The van der Waals surface area contributed by atoms with Crippen molar-refractivity contribution in [2.45, 2.75) is 38.7 Å². The summed E-state index contributed by atoms with van der Waals surface area (Å²) in [5.74, 6) is 0.461. The summed E-state index contributed by atoms with van der Waals surface area (Å²) in [5.41, 5.74) is 2.27. The molecule has 0 bridgehead atoms. The van der Waals surface area contributed by atoms with E-state index in [0.29, 0.717) is 5.92 Å². The molecule has 1 atom stereocenters. The van der Waals surface area contributed by atoms with Gasteiger partial charge in [-0.3, -0.25) is 0 Å². The maximum atomic E-state index is 10.3. The number of halogens is 1. The van der Waals surface area contributed by atoms with Gasteiger partial charge in [0.25, 0.3) is 0 Å². The lowest BCUT2D eigenvalue weighted by molar-refractivity contribution is 0.111. The SMILES string of the molecule is Cc1ccc(Br)c(C(O)C2CCCC2)c1. The van der Waals surface area contributed by atoms with E-state index in [0.717, 1.165) is 10.0 Å². The molecule has 1 unspecified atom stereocenters. The van der Waals surface area contributed by atoms with Crippen LogP contribution in [0.1, 0.15) is 42.9 Å². The van der Waals surface area contributed by atoms with Gasteiger partial charge in [-0.2, -0.15) is 0 Å². The highest BCUT2D eigenvalue weighted by Gasteiger charge is 2.25. The van der Waals surface area contributed by atoms with E-state index in [1.54, 1.807) is 0 Å². The number of aryl methyl sites for hydroxylation is 1. The Hall–Kier alpha value is -0.340. The first kappa shape index (κ1) is 11.2. The Kier molecular flexibility index (Phi) is 3.47. The maximum Gasteiger partial charge on any atom is 0.0829 e. The van der Waals surface area contributed by atoms with Crippen molar-refractivity contribution in [1.29, 1.82) is 0 Å². The van der Waals surface area contributed by atoms with Crippen LogP contribution in [0, 0.1) is 12.8 Å². The lowest BCUT2D eigenvalue weighted by Gasteiger charge is -2.19. The fraction of sp³-hybridized carbons (Fsp3) is 0.538. The Morgan fingerprint density at radius 3 is 2.67 bits per heavy atom. The maximum absolute atomic E-state index is 10.3. The van der Waals surface area contributed by atoms with Gasteiger partial charge in [0.15, 0.2) is 0 Å². The van der Waals surface area contributed by atoms with E-state index >= 15 is 0 Å². The molecule has 2 heteroatoms. The van der Waals surface area contributed by atoms with E-state index in [1.165, 1.54) is 31.2 Å². The van der Waals surface area contributed by atoms with Gasteiger partial charge in [0.05, 0.1) is 6.10 Å². The second kappa shape index (κ2) is 4.67. The average Bonchev–Trinajstić information content (AvgIpc) is 2.74. The zero-order chi connectivity index (χ0) is 10.8. The third-order valence-corrected chi connectivity index (χ3v) is 4.04. The Morgan fingerprint density at radius 2 is 2.00 bits per heavy atom. The molecule has 1 fully saturated rings. The van der Waals surface area contributed by atoms with Crippen molar-refractivity contribution >= 4 is 15.9 Å². The Bertz CT molecular complexity index is 342. The van der Waals surface area contributed by atoms with E-state index in [-0.39, 0.29) is 6.10 Å². The number of aliphatic hydroxyl groups excluding tert-OH is 1. The van der Waals surface area contributed by atoms with Gasteiger partial charge in [0.2, 0.25) is 0 Å². The van der Waals surface area contributed by atoms with Crippen LogP contribution >= 0.6 is 15.9 Å². The normalized spacial score (nSPS) is 19.4. The molecule has 1 saturated carbocycles. The van der Waals surface area contributed by atoms with Gasteiger partial charge in [0.1, 0.15) is 0 Å². The third-order valence-electron chi connectivity index (χ3n) is 3.32. The number of rotatable bonds is 2. The summed E-state index contributed by atoms with van der Waals surface area (Å²) in [4.78, 5) is 0. The van der Waals surface area contributed by atoms with Crippen molar-refractivity contribution in [3.63, 3.8) is 0 Å². The molecule has 2 rings (SSSR count). The van der Waals surface area contributed by atoms with Gasteiger partial charge in [-0.15, -0.1) is 0 Å². The van der Waals surface area contributed by atoms with E-state index in [4.69, 9.17) is 0 Å². The summed E-state index contributed by atoms with van der Waals surface area (Å²) in [5, 5.41) is 10.3. The van der Waals surface area contributed by atoms with Crippen LogP contribution in [0.15, 0.2) is 22.7 Å². The average molecular weight is 269 g/mol. The number of hydrogen-bond acceptors (Lipinski definition) is 1. The lowest BCUT2D eigenvalue weighted by atomic mass is 9.93. The van der Waals surface area contributed by atoms with Gasteiger partial charge >= 0.3 is 0 Å². The summed E-state index contributed by atoms with van der Waals surface area (Å²) in [6.45, 7) is 2.07. The Morgan fingerprint density at radius 1 is 1.33 bits per heavy atom. The topological polar surface area (TPSA) is 20.2 Å². The Labute approximate surface area is 99.6 Å². The zero-order valence-electron chi connectivity index (χ0n) is 9.04. The summed E-state index contributed by atoms with van der Waals surface area (Å²) < 4.78 is 1.03. The van der Waals surface area contributed by atoms with E-state index < -0.39 is 0 Å². The standard InChI is InChI=1S/C13H17BrO/c1-9-6-7-12(14)11(8-9)13(15)10-4-2-3-5-10/h6-8,10,13,15H,2-5H2,1H3. The van der Waals surface area contributed by atoms with Crippen LogP contribution in [0.5, 0.6) is 0 Å². The molecule has 0 spiro atoms. The van der Waals surface area contributed by atoms with Crippen LogP contribution in [-0.4, -0.2) is 5.11 Å². The molecule has 1 N–H and O–H groups in total. The molecule has 0 radical (unpaired) electrons. The number of hydrogen-bond donors (Lipinski definition) is 1. The molecule has 1 aromatic carbocycles. The van der Waals surface area contributed by atoms with E-state index in [9.17, 15) is 5.11 Å². The van der Waals surface area contributed by atoms with Crippen molar-refractivity contribution in [1.82, 2.24) is 0 Å². The minimum absolute atomic E-state index is 0.290. The van der Waals surface area contributed by atoms with Crippen LogP contribution in [-0.2, 0) is 0 Å². The highest BCUT2D eigenvalue weighted by Crippen LogP contribution is 2.38. The molecule has 1 aromatic rings. The molecule has 0 heterocycles. The minimum atomic E-state index is -0.290. The zero-order valence-corrected chi connectivity index (χ0v) is 10.6. The second-order valence-electron chi connectivity index (χ2n) is 4.51. The van der Waals surface area contributed by atoms with Crippen LogP contribution in [0.3, 0.4) is 0 Å². The van der Waals surface area contributed by atoms with Gasteiger partial charge < -0.3 is 5.11 Å². The van der Waals surface area contributed by atoms with Crippen molar-refractivity contribution in [3.05, 3.63) is 33.8 Å². The van der Waals surface area contributed by atoms with Gasteiger partial charge in [-0.1, -0.05) is 46.5 Å². The molecule has 15 heavy (non-hydrogen) atoms. The van der Waals surface area contributed by atoms with Crippen LogP contribution in [0.2, 0.25) is 0 Å². The summed E-state index contributed by atoms with van der Waals surface area (Å²) in [6, 6.07) is 6.19. The summed E-state index contributed by atoms with van der Waals surface area (Å²) >= 11 is 3.52. The van der Waals surface area contributed by atoms with Crippen molar-refractivity contribution < 1.29 is 5.11 Å². The first-order chi connectivity index (χ1) is 7.18. The first-order valence-corrected chi connectivity index (χ1v) is 6.42. The largest absolute Gasteiger partial charge is 0.388 e. The van der Waals surface area contributed by atoms with Gasteiger partial charge in [-0.25, -0.2) is 0 Å². The molecular formula is C13H17BrO. The highest BCUT2D eigenvalue weighted by molar-refractivity contribution is 9.10. The molecule has 0 aromatic heterocycles. The molecular weight excluding hydrogens is 252 g/mol. The lowest BCUT2D eigenvalue weighted by Crippen LogP contribution is -2.09. The predicted octanol–water partition coefficient (Wildman–Crippen LogP) is 3.98. The summed E-state index contributed by atoms with van der Waals surface area (Å²) in [6.07, 6.45) is 4.58. The first-order valence-electron chi connectivity index (χ1n) is 5.62. The predicted molar refractivity (Wildman–Crippen MR) is 65.8 cm³/mol. The fourth-order valence-electron chi connectivity index (χ4n) is 2.42. The molecule has 1 aliphatic rings. The molecule has 0 saturated heterocycles. The van der Waals surface area contributed by atoms with Crippen molar-refractivity contribution in [2.24, 2.45) is 5.92 Å². The van der Waals surface area contributed by atoms with Crippen molar-refractivity contribution in [2.75, 3.05) is 0 Å². The Balaban J connectivity index is 2.23. The van der Waals surface area contributed by atoms with E-state index in [1.807, 2.05) is 6.07 Å². The molecule has 82 valence electrons. The number of benzene rings is 1. The monoisotopic (exact) mass is 268 g/mol. The fourth-order valence-corrected chi connectivity index (χ4v) is 2.90. The smallest absolute Gasteiger partial charge is 0.0829 e. The van der Waals surface area contributed by atoms with Crippen LogP contribution < -0.4 is 0 Å². The quantitative estimate of drug-likeness (QED) is 0.861. The summed E-state index contributed by atoms with van der Waals surface area (Å²) in [7, 11) is 0. The second-order valence-corrected chi connectivity index (χ2v) is 5.37.